The van der Waals surface area contributed by atoms with Gasteiger partial charge in [0.2, 0.25) is 0 Å². The average molecular weight is 376 g/mol. The highest BCUT2D eigenvalue weighted by atomic mass is 17.2. The van der Waals surface area contributed by atoms with Gasteiger partial charge in [0.15, 0.2) is 12.2 Å². The fourth-order valence-electron chi connectivity index (χ4n) is 0.810. The second-order valence-corrected chi connectivity index (χ2v) is 3.83. The van der Waals surface area contributed by atoms with Crippen molar-refractivity contribution in [3.63, 3.8) is 0 Å². The van der Waals surface area contributed by atoms with Crippen LogP contribution in [0, 0.1) is 0 Å². The first kappa shape index (κ1) is 22.2. The molecule has 0 spiro atoms. The molecule has 0 fully saturated rings. The topological polar surface area (TPSA) is 212 Å². The second kappa shape index (κ2) is 12.6. The molecule has 4 amide bonds. The maximum absolute atomic E-state index is 11.5. The van der Waals surface area contributed by atoms with E-state index in [1.54, 1.807) is 21.7 Å². The number of nitrogens with one attached hydrogen (secondary N) is 4. The van der Waals surface area contributed by atoms with E-state index < -0.39 is 36.2 Å². The van der Waals surface area contributed by atoms with Crippen molar-refractivity contribution in [1.82, 2.24) is 21.7 Å². The SMILES string of the molecule is CC(OOC(=O)NNC(=O)C(C)OOC(=O)NN=C=O)C(=O)NN=C=O. The van der Waals surface area contributed by atoms with Gasteiger partial charge in [-0.25, -0.2) is 30.0 Å². The molecule has 16 heteroatoms. The van der Waals surface area contributed by atoms with Gasteiger partial charge in [-0.3, -0.25) is 24.8 Å². The van der Waals surface area contributed by atoms with Gasteiger partial charge in [0.25, 0.3) is 24.0 Å². The van der Waals surface area contributed by atoms with Crippen LogP contribution in [-0.4, -0.2) is 48.4 Å². The van der Waals surface area contributed by atoms with Gasteiger partial charge < -0.3 is 0 Å². The zero-order chi connectivity index (χ0) is 19.9. The smallest absolute Gasteiger partial charge is 0.273 e. The summed E-state index contributed by atoms with van der Waals surface area (Å²) in [6.07, 6.45) is -3.34. The zero-order valence-electron chi connectivity index (χ0n) is 13.1. The van der Waals surface area contributed by atoms with Crippen molar-refractivity contribution in [3.05, 3.63) is 0 Å². The molecule has 0 rings (SSSR count). The van der Waals surface area contributed by atoms with Gasteiger partial charge in [-0.1, -0.05) is 10.2 Å². The summed E-state index contributed by atoms with van der Waals surface area (Å²) in [6, 6.07) is 0. The first-order chi connectivity index (χ1) is 12.3. The van der Waals surface area contributed by atoms with Crippen LogP contribution in [-0.2, 0) is 38.7 Å². The lowest BCUT2D eigenvalue weighted by atomic mass is 10.4. The summed E-state index contributed by atoms with van der Waals surface area (Å²) < 4.78 is 0. The lowest BCUT2D eigenvalue weighted by molar-refractivity contribution is -0.265. The summed E-state index contributed by atoms with van der Waals surface area (Å²) in [5.41, 5.74) is 6.78. The van der Waals surface area contributed by atoms with E-state index in [-0.39, 0.29) is 0 Å². The highest BCUT2D eigenvalue weighted by molar-refractivity contribution is 5.82. The maximum atomic E-state index is 11.5. The average Bonchev–Trinajstić information content (AvgIpc) is 2.64. The third-order valence-corrected chi connectivity index (χ3v) is 1.97. The standard InChI is InChI=1S/C10H12N6O10/c1-5(7(19)13-11-3-17)23-26-10(22)16-14-8(20)6(2)24-25-9(21)15-12-4-18/h5-6H,1-2H3,(H,13,19)(H,14,20)(H,15,21)(H,16,22). The number of hydrogen-bond donors (Lipinski definition) is 4. The van der Waals surface area contributed by atoms with E-state index in [0.717, 1.165) is 26.0 Å². The van der Waals surface area contributed by atoms with Crippen molar-refractivity contribution in [3.8, 4) is 0 Å². The van der Waals surface area contributed by atoms with Crippen LogP contribution in [0.25, 0.3) is 0 Å². The molecule has 26 heavy (non-hydrogen) atoms. The van der Waals surface area contributed by atoms with Crippen LogP contribution in [0.15, 0.2) is 10.2 Å². The van der Waals surface area contributed by atoms with Crippen LogP contribution in [0.5, 0.6) is 0 Å². The van der Waals surface area contributed by atoms with E-state index >= 15 is 0 Å². The Balaban J connectivity index is 4.07. The van der Waals surface area contributed by atoms with Gasteiger partial charge in [-0.2, -0.15) is 15.2 Å². The van der Waals surface area contributed by atoms with Gasteiger partial charge >= 0.3 is 12.2 Å². The summed E-state index contributed by atoms with van der Waals surface area (Å²) in [5, 5.41) is 5.43. The van der Waals surface area contributed by atoms with Crippen molar-refractivity contribution in [1.29, 1.82) is 0 Å². The molecule has 0 saturated heterocycles. The Kier molecular flexibility index (Phi) is 10.7. The molecule has 4 N–H and O–H groups in total. The van der Waals surface area contributed by atoms with Crippen molar-refractivity contribution >= 4 is 36.2 Å². The molecule has 0 heterocycles. The molecule has 142 valence electrons. The molecule has 2 unspecified atom stereocenters. The molecule has 0 aromatic heterocycles. The van der Waals surface area contributed by atoms with Crippen LogP contribution in [0.3, 0.4) is 0 Å². The fraction of sp³-hybridized carbons (Fsp3) is 0.400. The molecule has 0 aliphatic heterocycles. The van der Waals surface area contributed by atoms with Gasteiger partial charge in [0.05, 0.1) is 0 Å². The highest BCUT2D eigenvalue weighted by Crippen LogP contribution is 1.94. The van der Waals surface area contributed by atoms with Crippen molar-refractivity contribution in [2.75, 3.05) is 0 Å². The lowest BCUT2D eigenvalue weighted by Gasteiger charge is -2.12. The molecule has 0 bridgehead atoms. The molecule has 0 aliphatic rings. The molecule has 16 nitrogen and oxygen atoms in total. The van der Waals surface area contributed by atoms with E-state index in [9.17, 15) is 28.8 Å². The van der Waals surface area contributed by atoms with Crippen LogP contribution in [0.2, 0.25) is 0 Å². The third kappa shape index (κ3) is 10.0. The Morgan fingerprint density at radius 2 is 1.27 bits per heavy atom. The minimum atomic E-state index is -1.40. The van der Waals surface area contributed by atoms with Gasteiger partial charge in [-0.05, 0) is 13.8 Å². The minimum absolute atomic E-state index is 0.915. The number of hydrazone groups is 2. The quantitative estimate of drug-likeness (QED) is 0.154. The number of carbonyl (C=O) groups excluding carboxylic acids is 6. The molecule has 0 saturated carbocycles. The number of hydrogen-bond acceptors (Lipinski definition) is 12. The molecule has 0 aromatic rings. The lowest BCUT2D eigenvalue weighted by Crippen LogP contribution is -2.47. The fourth-order valence-corrected chi connectivity index (χ4v) is 0.810. The number of isocyanates is 2. The van der Waals surface area contributed by atoms with E-state index in [1.165, 1.54) is 0 Å². The number of nitrogens with zero attached hydrogens (tertiary/aromatic N) is 2. The van der Waals surface area contributed by atoms with Crippen LogP contribution < -0.4 is 21.7 Å². The first-order valence-electron chi connectivity index (χ1n) is 6.31. The van der Waals surface area contributed by atoms with E-state index in [0.29, 0.717) is 0 Å². The molecular weight excluding hydrogens is 364 g/mol. The monoisotopic (exact) mass is 376 g/mol. The number of rotatable bonds is 8. The molecule has 0 radical (unpaired) electrons. The normalized spacial score (nSPS) is 11.3. The predicted octanol–water partition coefficient (Wildman–Crippen LogP) is -2.27. The Hall–Kier alpha value is -3.84. The van der Waals surface area contributed by atoms with Crippen LogP contribution >= 0.6 is 0 Å². The summed E-state index contributed by atoms with van der Waals surface area (Å²) in [6.45, 7) is 2.30. The van der Waals surface area contributed by atoms with Crippen molar-refractivity contribution < 1.29 is 48.3 Å². The van der Waals surface area contributed by atoms with Gasteiger partial charge in [0.1, 0.15) is 0 Å². The first-order valence-corrected chi connectivity index (χ1v) is 6.31. The largest absolute Gasteiger partial charge is 0.459 e. The highest BCUT2D eigenvalue weighted by Gasteiger charge is 2.20. The molecule has 0 aromatic carbocycles. The Labute approximate surface area is 143 Å². The summed E-state index contributed by atoms with van der Waals surface area (Å²) in [5.74, 6) is -1.90. The van der Waals surface area contributed by atoms with Gasteiger partial charge in [0, 0.05) is 0 Å². The summed E-state index contributed by atoms with van der Waals surface area (Å²) in [4.78, 5) is 81.1. The predicted molar refractivity (Wildman–Crippen MR) is 72.9 cm³/mol. The van der Waals surface area contributed by atoms with E-state index in [2.05, 4.69) is 29.8 Å². The Morgan fingerprint density at radius 3 is 1.85 bits per heavy atom. The van der Waals surface area contributed by atoms with Gasteiger partial charge in [-0.15, -0.1) is 0 Å². The van der Waals surface area contributed by atoms with Crippen molar-refractivity contribution in [2.45, 2.75) is 26.1 Å². The van der Waals surface area contributed by atoms with Crippen LogP contribution in [0.1, 0.15) is 13.8 Å². The van der Waals surface area contributed by atoms with E-state index in [1.807, 2.05) is 0 Å². The molecule has 2 atom stereocenters. The minimum Gasteiger partial charge on any atom is -0.273 e. The Bertz CT molecular complexity index is 626. The Morgan fingerprint density at radius 1 is 0.769 bits per heavy atom. The second-order valence-electron chi connectivity index (χ2n) is 3.83. The number of hydrazine groups is 1. The van der Waals surface area contributed by atoms with E-state index in [4.69, 9.17) is 0 Å². The van der Waals surface area contributed by atoms with Crippen molar-refractivity contribution in [2.24, 2.45) is 10.2 Å². The molecule has 0 aliphatic carbocycles. The number of carbonyl (C=O) groups is 4. The maximum Gasteiger partial charge on any atom is 0.459 e. The van der Waals surface area contributed by atoms with Crippen LogP contribution in [0.4, 0.5) is 9.59 Å². The third-order valence-electron chi connectivity index (χ3n) is 1.97. The molecular formula is C10H12N6O10. The number of amides is 4. The summed E-state index contributed by atoms with van der Waals surface area (Å²) in [7, 11) is 0. The summed E-state index contributed by atoms with van der Waals surface area (Å²) >= 11 is 0. The zero-order valence-corrected chi connectivity index (χ0v) is 13.1.